The third-order valence-electron chi connectivity index (χ3n) is 3.04. The number of benzene rings is 2. The topological polar surface area (TPSA) is 26.0 Å². The monoisotopic (exact) mass is 261 g/mol. The van der Waals surface area contributed by atoms with Gasteiger partial charge in [0.05, 0.1) is 0 Å². The number of hydrogen-bond acceptors (Lipinski definition) is 1. The number of hydrogen-bond donors (Lipinski definition) is 1. The van der Waals surface area contributed by atoms with Gasteiger partial charge in [0, 0.05) is 12.1 Å². The predicted octanol–water partition coefficient (Wildman–Crippen LogP) is 3.91. The van der Waals surface area contributed by atoms with Crippen LogP contribution >= 0.6 is 0 Å². The maximum atomic E-state index is 13.1. The molecule has 2 N–H and O–H groups in total. The van der Waals surface area contributed by atoms with Crippen LogP contribution in [-0.2, 0) is 6.42 Å². The van der Waals surface area contributed by atoms with Gasteiger partial charge in [-0.3, -0.25) is 0 Å². The SMILES string of the molecule is CC(N)CCc1ccc(-c2cc(F)cc(F)c2)cc1. The molecular formula is C16H17F2N. The summed E-state index contributed by atoms with van der Waals surface area (Å²) in [6, 6.07) is 11.4. The molecule has 0 aliphatic rings. The second-order valence-corrected chi connectivity index (χ2v) is 4.87. The molecule has 0 saturated heterocycles. The molecular weight excluding hydrogens is 244 g/mol. The fourth-order valence-corrected chi connectivity index (χ4v) is 1.98. The van der Waals surface area contributed by atoms with E-state index in [-0.39, 0.29) is 6.04 Å². The number of halogens is 2. The molecule has 0 aromatic heterocycles. The Morgan fingerprint density at radius 3 is 2.05 bits per heavy atom. The molecule has 1 atom stereocenters. The van der Waals surface area contributed by atoms with E-state index in [2.05, 4.69) is 0 Å². The summed E-state index contributed by atoms with van der Waals surface area (Å²) in [6.07, 6.45) is 1.84. The third kappa shape index (κ3) is 3.86. The fourth-order valence-electron chi connectivity index (χ4n) is 1.98. The van der Waals surface area contributed by atoms with Crippen LogP contribution in [0.4, 0.5) is 8.78 Å². The lowest BCUT2D eigenvalue weighted by atomic mass is 10.0. The Kier molecular flexibility index (Phi) is 4.27. The molecule has 0 amide bonds. The Bertz CT molecular complexity index is 527. The van der Waals surface area contributed by atoms with Crippen molar-refractivity contribution in [3.05, 3.63) is 59.7 Å². The van der Waals surface area contributed by atoms with Gasteiger partial charge < -0.3 is 5.73 Å². The zero-order chi connectivity index (χ0) is 13.8. The molecule has 2 aromatic rings. The zero-order valence-corrected chi connectivity index (χ0v) is 10.9. The van der Waals surface area contributed by atoms with Crippen LogP contribution in [0.1, 0.15) is 18.9 Å². The number of rotatable bonds is 4. The Morgan fingerprint density at radius 1 is 0.947 bits per heavy atom. The second kappa shape index (κ2) is 5.93. The van der Waals surface area contributed by atoms with Crippen LogP contribution in [0.5, 0.6) is 0 Å². The Hall–Kier alpha value is -1.74. The summed E-state index contributed by atoms with van der Waals surface area (Å²) in [5, 5.41) is 0. The summed E-state index contributed by atoms with van der Waals surface area (Å²) in [6.45, 7) is 1.98. The zero-order valence-electron chi connectivity index (χ0n) is 10.9. The molecule has 1 unspecified atom stereocenters. The first-order chi connectivity index (χ1) is 9.04. The number of aryl methyl sites for hydroxylation is 1. The first-order valence-electron chi connectivity index (χ1n) is 6.35. The molecule has 0 aliphatic carbocycles. The minimum Gasteiger partial charge on any atom is -0.328 e. The minimum atomic E-state index is -0.559. The van der Waals surface area contributed by atoms with Crippen molar-refractivity contribution >= 4 is 0 Å². The largest absolute Gasteiger partial charge is 0.328 e. The normalized spacial score (nSPS) is 12.4. The average Bonchev–Trinajstić information content (AvgIpc) is 2.36. The Morgan fingerprint density at radius 2 is 1.53 bits per heavy atom. The molecule has 0 spiro atoms. The van der Waals surface area contributed by atoms with Crippen LogP contribution in [0.25, 0.3) is 11.1 Å². The smallest absolute Gasteiger partial charge is 0.126 e. The molecule has 1 nitrogen and oxygen atoms in total. The molecule has 0 fully saturated rings. The summed E-state index contributed by atoms with van der Waals surface area (Å²) in [7, 11) is 0. The van der Waals surface area contributed by atoms with Gasteiger partial charge in [0.25, 0.3) is 0 Å². The van der Waals surface area contributed by atoms with Gasteiger partial charge in [-0.15, -0.1) is 0 Å². The molecule has 0 aliphatic heterocycles. The second-order valence-electron chi connectivity index (χ2n) is 4.87. The van der Waals surface area contributed by atoms with Gasteiger partial charge in [0.15, 0.2) is 0 Å². The Labute approximate surface area is 112 Å². The van der Waals surface area contributed by atoms with Gasteiger partial charge in [-0.2, -0.15) is 0 Å². The molecule has 0 radical (unpaired) electrons. The summed E-state index contributed by atoms with van der Waals surface area (Å²) >= 11 is 0. The predicted molar refractivity (Wildman–Crippen MR) is 73.8 cm³/mol. The van der Waals surface area contributed by atoms with Gasteiger partial charge in [0.2, 0.25) is 0 Å². The van der Waals surface area contributed by atoms with Crippen molar-refractivity contribution in [3.63, 3.8) is 0 Å². The summed E-state index contributed by atoms with van der Waals surface area (Å²) < 4.78 is 26.3. The van der Waals surface area contributed by atoms with Gasteiger partial charge in [-0.1, -0.05) is 24.3 Å². The molecule has 0 saturated carbocycles. The van der Waals surface area contributed by atoms with Crippen molar-refractivity contribution in [1.82, 2.24) is 0 Å². The standard InChI is InChI=1S/C16H17F2N/c1-11(19)2-3-12-4-6-13(7-5-12)14-8-15(17)10-16(18)9-14/h4-11H,2-3,19H2,1H3. The van der Waals surface area contributed by atoms with Gasteiger partial charge >= 0.3 is 0 Å². The van der Waals surface area contributed by atoms with Crippen LogP contribution in [0.15, 0.2) is 42.5 Å². The third-order valence-corrected chi connectivity index (χ3v) is 3.04. The quantitative estimate of drug-likeness (QED) is 0.887. The number of nitrogens with two attached hydrogens (primary N) is 1. The van der Waals surface area contributed by atoms with Crippen molar-refractivity contribution in [2.24, 2.45) is 5.73 Å². The highest BCUT2D eigenvalue weighted by molar-refractivity contribution is 5.63. The molecule has 2 rings (SSSR count). The van der Waals surface area contributed by atoms with Crippen molar-refractivity contribution in [2.75, 3.05) is 0 Å². The summed E-state index contributed by atoms with van der Waals surface area (Å²) in [4.78, 5) is 0. The molecule has 2 aromatic carbocycles. The van der Waals surface area contributed by atoms with E-state index < -0.39 is 11.6 Å². The van der Waals surface area contributed by atoms with Crippen molar-refractivity contribution in [1.29, 1.82) is 0 Å². The molecule has 19 heavy (non-hydrogen) atoms. The van der Waals surface area contributed by atoms with Gasteiger partial charge in [0.1, 0.15) is 11.6 Å². The summed E-state index contributed by atoms with van der Waals surface area (Å²) in [5.74, 6) is -1.12. The lowest BCUT2D eigenvalue weighted by Gasteiger charge is -2.07. The molecule has 0 bridgehead atoms. The van der Waals surface area contributed by atoms with Crippen LogP contribution in [0.2, 0.25) is 0 Å². The van der Waals surface area contributed by atoms with Crippen LogP contribution in [-0.4, -0.2) is 6.04 Å². The average molecular weight is 261 g/mol. The fraction of sp³-hybridized carbons (Fsp3) is 0.250. The van der Waals surface area contributed by atoms with E-state index in [0.29, 0.717) is 5.56 Å². The highest BCUT2D eigenvalue weighted by Crippen LogP contribution is 2.22. The highest BCUT2D eigenvalue weighted by atomic mass is 19.1. The van der Waals surface area contributed by atoms with E-state index >= 15 is 0 Å². The van der Waals surface area contributed by atoms with Crippen LogP contribution < -0.4 is 5.73 Å². The maximum absolute atomic E-state index is 13.1. The van der Waals surface area contributed by atoms with Gasteiger partial charge in [-0.05, 0) is 48.6 Å². The van der Waals surface area contributed by atoms with Crippen LogP contribution in [0.3, 0.4) is 0 Å². The van der Waals surface area contributed by atoms with Gasteiger partial charge in [-0.25, -0.2) is 8.78 Å². The van der Waals surface area contributed by atoms with E-state index in [0.717, 1.165) is 24.5 Å². The molecule has 0 heterocycles. The molecule has 100 valence electrons. The van der Waals surface area contributed by atoms with E-state index in [4.69, 9.17) is 5.73 Å². The van der Waals surface area contributed by atoms with E-state index in [1.807, 2.05) is 31.2 Å². The van der Waals surface area contributed by atoms with E-state index in [1.54, 1.807) is 0 Å². The van der Waals surface area contributed by atoms with Crippen molar-refractivity contribution < 1.29 is 8.78 Å². The van der Waals surface area contributed by atoms with Crippen molar-refractivity contribution in [3.8, 4) is 11.1 Å². The highest BCUT2D eigenvalue weighted by Gasteiger charge is 2.04. The lowest BCUT2D eigenvalue weighted by Crippen LogP contribution is -2.15. The first kappa shape index (κ1) is 13.7. The summed E-state index contributed by atoms with van der Waals surface area (Å²) in [5.41, 5.74) is 8.25. The van der Waals surface area contributed by atoms with E-state index in [9.17, 15) is 8.78 Å². The van der Waals surface area contributed by atoms with Crippen molar-refractivity contribution in [2.45, 2.75) is 25.8 Å². The first-order valence-corrected chi connectivity index (χ1v) is 6.35. The molecule has 3 heteroatoms. The minimum absolute atomic E-state index is 0.178. The van der Waals surface area contributed by atoms with E-state index in [1.165, 1.54) is 17.7 Å². The maximum Gasteiger partial charge on any atom is 0.126 e. The van der Waals surface area contributed by atoms with Crippen LogP contribution in [0, 0.1) is 11.6 Å². The Balaban J connectivity index is 2.17. The lowest BCUT2D eigenvalue weighted by molar-refractivity contribution is 0.584.